The number of hydrogen-bond donors (Lipinski definition) is 2. The van der Waals surface area contributed by atoms with Crippen molar-refractivity contribution in [3.8, 4) is 16.3 Å². The molecule has 6 nitrogen and oxygen atoms in total. The lowest BCUT2D eigenvalue weighted by molar-refractivity contribution is 0.102. The number of ether oxygens (including phenoxy) is 1. The highest BCUT2D eigenvalue weighted by molar-refractivity contribution is 14.1. The van der Waals surface area contributed by atoms with E-state index in [0.29, 0.717) is 29.0 Å². The van der Waals surface area contributed by atoms with Crippen molar-refractivity contribution in [1.29, 1.82) is 0 Å². The fourth-order valence-corrected chi connectivity index (χ4v) is 6.50. The van der Waals surface area contributed by atoms with Gasteiger partial charge in [-0.25, -0.2) is 4.98 Å². The van der Waals surface area contributed by atoms with Crippen molar-refractivity contribution in [2.24, 2.45) is 5.92 Å². The van der Waals surface area contributed by atoms with Gasteiger partial charge in [-0.1, -0.05) is 6.07 Å². The number of amides is 1. The molecule has 1 fully saturated rings. The Morgan fingerprint density at radius 2 is 2.00 bits per heavy atom. The topological polar surface area (TPSA) is 76.1 Å². The minimum absolute atomic E-state index is 0.275. The summed E-state index contributed by atoms with van der Waals surface area (Å²) in [6.45, 7) is 2.66. The maximum Gasteiger partial charge on any atom is 0.274 e. The number of nitrogens with zero attached hydrogens (tertiary/aromatic N) is 2. The van der Waals surface area contributed by atoms with Crippen LogP contribution in [0.4, 0.5) is 5.69 Å². The van der Waals surface area contributed by atoms with E-state index >= 15 is 0 Å². The number of rotatable bonds is 6. The summed E-state index contributed by atoms with van der Waals surface area (Å²) in [6, 6.07) is 9.79. The van der Waals surface area contributed by atoms with E-state index in [2.05, 4.69) is 82.8 Å². The average molecular weight is 772 g/mol. The van der Waals surface area contributed by atoms with Crippen LogP contribution in [0, 0.1) is 16.6 Å². The SMILES string of the molecule is O=C(Nc1cnsc1OCC1CCCNC1)c1ccc(I)c(-c2c(I)cccc2I)n1. The van der Waals surface area contributed by atoms with Gasteiger partial charge in [0.2, 0.25) is 5.06 Å². The van der Waals surface area contributed by atoms with E-state index in [9.17, 15) is 4.79 Å². The number of aromatic nitrogens is 2. The molecule has 2 N–H and O–H groups in total. The number of benzene rings is 1. The second-order valence-electron chi connectivity index (χ2n) is 7.13. The fraction of sp³-hybridized carbons (Fsp3) is 0.286. The third-order valence-corrected chi connectivity index (χ3v) is 8.30. The average Bonchev–Trinajstić information content (AvgIpc) is 3.21. The molecule has 10 heteroatoms. The maximum absolute atomic E-state index is 13.0. The second-order valence-corrected chi connectivity index (χ2v) is 11.4. The van der Waals surface area contributed by atoms with Gasteiger partial charge in [0.15, 0.2) is 0 Å². The molecule has 3 aromatic rings. The molecule has 4 rings (SSSR count). The maximum atomic E-state index is 13.0. The van der Waals surface area contributed by atoms with Gasteiger partial charge in [-0.3, -0.25) is 4.79 Å². The highest BCUT2D eigenvalue weighted by atomic mass is 127. The van der Waals surface area contributed by atoms with Crippen LogP contribution in [0.1, 0.15) is 23.3 Å². The molecule has 1 amide bonds. The van der Waals surface area contributed by atoms with Gasteiger partial charge in [0.25, 0.3) is 5.91 Å². The van der Waals surface area contributed by atoms with Gasteiger partial charge in [-0.15, -0.1) is 0 Å². The molecule has 0 radical (unpaired) electrons. The van der Waals surface area contributed by atoms with Crippen LogP contribution >= 0.6 is 79.3 Å². The minimum atomic E-state index is -0.275. The summed E-state index contributed by atoms with van der Waals surface area (Å²) in [5.41, 5.74) is 2.81. The Morgan fingerprint density at radius 1 is 1.19 bits per heavy atom. The summed E-state index contributed by atoms with van der Waals surface area (Å²) in [7, 11) is 0. The summed E-state index contributed by atoms with van der Waals surface area (Å²) >= 11 is 8.13. The van der Waals surface area contributed by atoms with Crippen LogP contribution in [0.15, 0.2) is 36.5 Å². The van der Waals surface area contributed by atoms with Crippen LogP contribution in [0.2, 0.25) is 0 Å². The lowest BCUT2D eigenvalue weighted by atomic mass is 10.0. The standard InChI is InChI=1S/C21H19I3N4O2S/c22-13-4-1-5-14(23)18(13)19-15(24)6-7-16(27-19)20(29)28-17-10-26-31-21(17)30-11-12-3-2-8-25-9-12/h1,4-7,10,12,25H,2-3,8-9,11H2,(H,28,29). The number of nitrogens with one attached hydrogen (secondary N) is 2. The Hall–Kier alpha value is -0.580. The van der Waals surface area contributed by atoms with Gasteiger partial charge < -0.3 is 15.4 Å². The monoisotopic (exact) mass is 772 g/mol. The minimum Gasteiger partial charge on any atom is -0.481 e. The van der Waals surface area contributed by atoms with Crippen molar-refractivity contribution < 1.29 is 9.53 Å². The Labute approximate surface area is 225 Å². The van der Waals surface area contributed by atoms with E-state index < -0.39 is 0 Å². The summed E-state index contributed by atoms with van der Waals surface area (Å²) < 4.78 is 13.4. The molecule has 0 bridgehead atoms. The molecule has 162 valence electrons. The molecule has 1 atom stereocenters. The van der Waals surface area contributed by atoms with Crippen molar-refractivity contribution in [2.45, 2.75) is 12.8 Å². The van der Waals surface area contributed by atoms with E-state index in [1.807, 2.05) is 24.3 Å². The zero-order chi connectivity index (χ0) is 21.8. The predicted molar refractivity (Wildman–Crippen MR) is 149 cm³/mol. The highest BCUT2D eigenvalue weighted by Gasteiger charge is 2.19. The van der Waals surface area contributed by atoms with Crippen molar-refractivity contribution in [2.75, 3.05) is 25.0 Å². The summed E-state index contributed by atoms with van der Waals surface area (Å²) in [4.78, 5) is 17.7. The Bertz CT molecular complexity index is 1070. The Morgan fingerprint density at radius 3 is 2.74 bits per heavy atom. The molecule has 0 saturated carbocycles. The number of halogens is 3. The van der Waals surface area contributed by atoms with Crippen molar-refractivity contribution >= 4 is 90.9 Å². The molecule has 3 heterocycles. The van der Waals surface area contributed by atoms with E-state index in [1.165, 1.54) is 18.0 Å². The summed E-state index contributed by atoms with van der Waals surface area (Å²) in [6.07, 6.45) is 3.95. The summed E-state index contributed by atoms with van der Waals surface area (Å²) in [5.74, 6) is 0.207. The molecular formula is C21H19I3N4O2S. The molecule has 1 aliphatic heterocycles. The van der Waals surface area contributed by atoms with Crippen LogP contribution in [0.25, 0.3) is 11.3 Å². The lowest BCUT2D eigenvalue weighted by Crippen LogP contribution is -2.33. The Kier molecular flexibility index (Phi) is 8.39. The van der Waals surface area contributed by atoms with Gasteiger partial charge in [0, 0.05) is 40.3 Å². The molecule has 0 spiro atoms. The van der Waals surface area contributed by atoms with E-state index in [-0.39, 0.29) is 5.91 Å². The fourth-order valence-electron chi connectivity index (χ4n) is 3.33. The van der Waals surface area contributed by atoms with Crippen molar-refractivity contribution in [3.63, 3.8) is 0 Å². The van der Waals surface area contributed by atoms with Gasteiger partial charge >= 0.3 is 0 Å². The zero-order valence-electron chi connectivity index (χ0n) is 16.3. The lowest BCUT2D eigenvalue weighted by Gasteiger charge is -2.22. The van der Waals surface area contributed by atoms with Crippen molar-refractivity contribution in [1.82, 2.24) is 14.7 Å². The number of pyridine rings is 1. The number of piperidine rings is 1. The van der Waals surface area contributed by atoms with Gasteiger partial charge in [0.1, 0.15) is 11.4 Å². The second kappa shape index (κ2) is 11.0. The van der Waals surface area contributed by atoms with Crippen LogP contribution in [0.3, 0.4) is 0 Å². The molecule has 1 saturated heterocycles. The molecule has 31 heavy (non-hydrogen) atoms. The molecule has 1 aliphatic rings. The van der Waals surface area contributed by atoms with Crippen LogP contribution in [0.5, 0.6) is 5.06 Å². The number of hydrogen-bond acceptors (Lipinski definition) is 6. The zero-order valence-corrected chi connectivity index (χ0v) is 23.6. The summed E-state index contributed by atoms with van der Waals surface area (Å²) in [5, 5.41) is 6.95. The van der Waals surface area contributed by atoms with Crippen LogP contribution in [-0.4, -0.2) is 35.0 Å². The van der Waals surface area contributed by atoms with Crippen molar-refractivity contribution in [3.05, 3.63) is 52.9 Å². The van der Waals surface area contributed by atoms with Gasteiger partial charge in [-0.2, -0.15) is 4.37 Å². The Balaban J connectivity index is 1.50. The number of carbonyl (C=O) groups excluding carboxylic acids is 1. The van der Waals surface area contributed by atoms with E-state index in [1.54, 1.807) is 12.3 Å². The predicted octanol–water partition coefficient (Wildman–Crippen LogP) is 5.65. The van der Waals surface area contributed by atoms with Crippen LogP contribution in [-0.2, 0) is 0 Å². The molecular weight excluding hydrogens is 753 g/mol. The molecule has 0 aliphatic carbocycles. The van der Waals surface area contributed by atoms with E-state index in [4.69, 9.17) is 9.72 Å². The number of carbonyl (C=O) groups is 1. The molecule has 1 aromatic carbocycles. The number of anilines is 1. The van der Waals surface area contributed by atoms with E-state index in [0.717, 1.165) is 41.5 Å². The molecule has 1 unspecified atom stereocenters. The van der Waals surface area contributed by atoms with Crippen LogP contribution < -0.4 is 15.4 Å². The van der Waals surface area contributed by atoms with Gasteiger partial charge in [-0.05, 0) is 111 Å². The first kappa shape index (κ1) is 23.6. The normalized spacial score (nSPS) is 16.2. The molecule has 2 aromatic heterocycles. The quantitative estimate of drug-likeness (QED) is 0.317. The first-order valence-corrected chi connectivity index (χ1v) is 13.7. The smallest absolute Gasteiger partial charge is 0.274 e. The third kappa shape index (κ3) is 5.86. The highest BCUT2D eigenvalue weighted by Crippen LogP contribution is 2.33. The first-order chi connectivity index (χ1) is 15.0. The first-order valence-electron chi connectivity index (χ1n) is 9.73. The largest absolute Gasteiger partial charge is 0.481 e. The van der Waals surface area contributed by atoms with Gasteiger partial charge in [0.05, 0.1) is 18.5 Å². The third-order valence-electron chi connectivity index (χ3n) is 4.91.